The molecule has 3 unspecified atom stereocenters. The summed E-state index contributed by atoms with van der Waals surface area (Å²) in [6.45, 7) is 4.36. The van der Waals surface area contributed by atoms with Gasteiger partial charge in [0.15, 0.2) is 0 Å². The number of hydrogen-bond acceptors (Lipinski definition) is 2. The molecule has 0 aliphatic heterocycles. The first-order valence-electron chi connectivity index (χ1n) is 7.08. The van der Waals surface area contributed by atoms with Crippen molar-refractivity contribution in [3.05, 3.63) is 0 Å². The van der Waals surface area contributed by atoms with E-state index >= 15 is 0 Å². The molecule has 0 spiro atoms. The maximum Gasteiger partial charge on any atom is 0.223 e. The second kappa shape index (κ2) is 4.97. The molecule has 2 saturated carbocycles. The molecule has 2 aliphatic carbocycles. The molecule has 0 aromatic carbocycles. The van der Waals surface area contributed by atoms with Gasteiger partial charge in [0.25, 0.3) is 0 Å². The van der Waals surface area contributed by atoms with Crippen molar-refractivity contribution in [2.24, 2.45) is 17.6 Å². The predicted molar refractivity (Wildman–Crippen MR) is 69.5 cm³/mol. The zero-order valence-corrected chi connectivity index (χ0v) is 11.2. The van der Waals surface area contributed by atoms with Gasteiger partial charge >= 0.3 is 0 Å². The van der Waals surface area contributed by atoms with Gasteiger partial charge in [-0.05, 0) is 44.9 Å². The summed E-state index contributed by atoms with van der Waals surface area (Å²) in [6, 6.07) is 0.302. The lowest BCUT2D eigenvalue weighted by Crippen LogP contribution is -2.49. The topological polar surface area (TPSA) is 55.1 Å². The SMILES string of the molecule is CC1CC(N)CCC1C(=O)NC1(C)CCCC1. The molecular weight excluding hydrogens is 212 g/mol. The van der Waals surface area contributed by atoms with Crippen LogP contribution in [0, 0.1) is 11.8 Å². The van der Waals surface area contributed by atoms with Crippen molar-refractivity contribution < 1.29 is 4.79 Å². The van der Waals surface area contributed by atoms with Crippen LogP contribution in [0.1, 0.15) is 58.8 Å². The molecule has 3 nitrogen and oxygen atoms in total. The normalized spacial score (nSPS) is 36.8. The van der Waals surface area contributed by atoms with E-state index in [0.717, 1.165) is 32.1 Å². The van der Waals surface area contributed by atoms with E-state index in [9.17, 15) is 4.79 Å². The van der Waals surface area contributed by atoms with Crippen molar-refractivity contribution in [1.82, 2.24) is 5.32 Å². The third kappa shape index (κ3) is 3.01. The summed E-state index contributed by atoms with van der Waals surface area (Å²) in [7, 11) is 0. The van der Waals surface area contributed by atoms with Crippen LogP contribution in [-0.4, -0.2) is 17.5 Å². The molecule has 2 fully saturated rings. The number of carbonyl (C=O) groups is 1. The Bertz CT molecular complexity index is 284. The maximum atomic E-state index is 12.3. The van der Waals surface area contributed by atoms with Crippen molar-refractivity contribution in [2.75, 3.05) is 0 Å². The highest BCUT2D eigenvalue weighted by atomic mass is 16.2. The van der Waals surface area contributed by atoms with Crippen molar-refractivity contribution >= 4 is 5.91 Å². The maximum absolute atomic E-state index is 12.3. The van der Waals surface area contributed by atoms with Crippen LogP contribution in [0.5, 0.6) is 0 Å². The summed E-state index contributed by atoms with van der Waals surface area (Å²) < 4.78 is 0. The largest absolute Gasteiger partial charge is 0.351 e. The van der Waals surface area contributed by atoms with Gasteiger partial charge in [0.2, 0.25) is 5.91 Å². The number of hydrogen-bond donors (Lipinski definition) is 2. The molecule has 0 bridgehead atoms. The Morgan fingerprint density at radius 2 is 1.94 bits per heavy atom. The molecule has 98 valence electrons. The molecule has 0 aromatic rings. The first-order valence-corrected chi connectivity index (χ1v) is 7.08. The first kappa shape index (κ1) is 12.9. The summed E-state index contributed by atoms with van der Waals surface area (Å²) in [4.78, 5) is 12.3. The van der Waals surface area contributed by atoms with Crippen LogP contribution in [0.4, 0.5) is 0 Å². The third-order valence-electron chi connectivity index (χ3n) is 4.68. The molecule has 17 heavy (non-hydrogen) atoms. The average molecular weight is 238 g/mol. The summed E-state index contributed by atoms with van der Waals surface area (Å²) in [5.41, 5.74) is 6.01. The Morgan fingerprint density at radius 3 is 2.53 bits per heavy atom. The van der Waals surface area contributed by atoms with Crippen LogP contribution >= 0.6 is 0 Å². The van der Waals surface area contributed by atoms with Crippen LogP contribution in [-0.2, 0) is 4.79 Å². The number of amides is 1. The summed E-state index contributed by atoms with van der Waals surface area (Å²) in [5.74, 6) is 0.893. The number of nitrogens with two attached hydrogens (primary N) is 1. The van der Waals surface area contributed by atoms with Crippen molar-refractivity contribution in [3.63, 3.8) is 0 Å². The Morgan fingerprint density at radius 1 is 1.29 bits per heavy atom. The van der Waals surface area contributed by atoms with Gasteiger partial charge in [0.1, 0.15) is 0 Å². The molecular formula is C14H26N2O. The van der Waals surface area contributed by atoms with Crippen LogP contribution in [0.2, 0.25) is 0 Å². The van der Waals surface area contributed by atoms with Gasteiger partial charge in [-0.1, -0.05) is 19.8 Å². The summed E-state index contributed by atoms with van der Waals surface area (Å²) in [6.07, 6.45) is 7.74. The van der Waals surface area contributed by atoms with Gasteiger partial charge in [0, 0.05) is 17.5 Å². The molecule has 0 saturated heterocycles. The third-order valence-corrected chi connectivity index (χ3v) is 4.68. The Labute approximate surface area is 105 Å². The monoisotopic (exact) mass is 238 g/mol. The highest BCUT2D eigenvalue weighted by molar-refractivity contribution is 5.79. The Balaban J connectivity index is 1.91. The van der Waals surface area contributed by atoms with E-state index in [2.05, 4.69) is 19.2 Å². The second-order valence-corrected chi connectivity index (χ2v) is 6.41. The molecule has 3 N–H and O–H groups in total. The fraction of sp³-hybridized carbons (Fsp3) is 0.929. The van der Waals surface area contributed by atoms with Gasteiger partial charge in [0.05, 0.1) is 0 Å². The van der Waals surface area contributed by atoms with Crippen LogP contribution < -0.4 is 11.1 Å². The molecule has 0 aromatic heterocycles. The average Bonchev–Trinajstić information content (AvgIpc) is 2.64. The smallest absolute Gasteiger partial charge is 0.223 e. The first-order chi connectivity index (χ1) is 8.00. The number of nitrogens with one attached hydrogen (secondary N) is 1. The lowest BCUT2D eigenvalue weighted by molar-refractivity contribution is -0.129. The van der Waals surface area contributed by atoms with Gasteiger partial charge in [-0.3, -0.25) is 4.79 Å². The Hall–Kier alpha value is -0.570. The minimum atomic E-state index is 0.0658. The second-order valence-electron chi connectivity index (χ2n) is 6.41. The zero-order valence-electron chi connectivity index (χ0n) is 11.2. The van der Waals surface area contributed by atoms with Crippen molar-refractivity contribution in [1.29, 1.82) is 0 Å². The molecule has 0 heterocycles. The number of rotatable bonds is 2. The lowest BCUT2D eigenvalue weighted by Gasteiger charge is -2.34. The molecule has 3 atom stereocenters. The van der Waals surface area contributed by atoms with Gasteiger partial charge in [-0.15, -0.1) is 0 Å². The van der Waals surface area contributed by atoms with Crippen LogP contribution in [0.25, 0.3) is 0 Å². The highest BCUT2D eigenvalue weighted by Gasteiger charge is 2.36. The van der Waals surface area contributed by atoms with Crippen molar-refractivity contribution in [2.45, 2.75) is 70.4 Å². The van der Waals surface area contributed by atoms with E-state index in [0.29, 0.717) is 12.0 Å². The summed E-state index contributed by atoms with van der Waals surface area (Å²) in [5, 5.41) is 3.29. The Kier molecular flexibility index (Phi) is 3.76. The van der Waals surface area contributed by atoms with Gasteiger partial charge in [-0.2, -0.15) is 0 Å². The summed E-state index contributed by atoms with van der Waals surface area (Å²) >= 11 is 0. The predicted octanol–water partition coefficient (Wildman–Crippen LogP) is 2.20. The molecule has 1 amide bonds. The fourth-order valence-corrected chi connectivity index (χ4v) is 3.50. The van der Waals surface area contributed by atoms with E-state index < -0.39 is 0 Å². The van der Waals surface area contributed by atoms with Gasteiger partial charge in [-0.25, -0.2) is 0 Å². The van der Waals surface area contributed by atoms with E-state index in [1.807, 2.05) is 0 Å². The van der Waals surface area contributed by atoms with Gasteiger partial charge < -0.3 is 11.1 Å². The molecule has 2 rings (SSSR count). The molecule has 3 heteroatoms. The zero-order chi connectivity index (χ0) is 12.5. The minimum absolute atomic E-state index is 0.0658. The van der Waals surface area contributed by atoms with E-state index in [-0.39, 0.29) is 17.4 Å². The minimum Gasteiger partial charge on any atom is -0.351 e. The van der Waals surface area contributed by atoms with E-state index in [1.54, 1.807) is 0 Å². The quantitative estimate of drug-likeness (QED) is 0.775. The lowest BCUT2D eigenvalue weighted by atomic mass is 9.77. The van der Waals surface area contributed by atoms with E-state index in [4.69, 9.17) is 5.73 Å². The standard InChI is InChI=1S/C14H26N2O/c1-10-9-11(15)5-6-12(10)13(17)16-14(2)7-3-4-8-14/h10-12H,3-9,15H2,1-2H3,(H,16,17). The van der Waals surface area contributed by atoms with Crippen LogP contribution in [0.3, 0.4) is 0 Å². The van der Waals surface area contributed by atoms with Crippen LogP contribution in [0.15, 0.2) is 0 Å². The molecule has 2 aliphatic rings. The number of carbonyl (C=O) groups excluding carboxylic acids is 1. The highest BCUT2D eigenvalue weighted by Crippen LogP contribution is 2.33. The molecule has 0 radical (unpaired) electrons. The van der Waals surface area contributed by atoms with E-state index in [1.165, 1.54) is 12.8 Å². The fourth-order valence-electron chi connectivity index (χ4n) is 3.50. The van der Waals surface area contributed by atoms with Crippen molar-refractivity contribution in [3.8, 4) is 0 Å².